The fourth-order valence-corrected chi connectivity index (χ4v) is 3.70. The van der Waals surface area contributed by atoms with Gasteiger partial charge in [0.25, 0.3) is 11.8 Å². The van der Waals surface area contributed by atoms with E-state index in [-0.39, 0.29) is 22.1 Å². The van der Waals surface area contributed by atoms with Gasteiger partial charge >= 0.3 is 6.18 Å². The molecule has 1 fully saturated rings. The molecule has 3 rings (SSSR count). The number of hydrogen-bond donors (Lipinski definition) is 1. The Morgan fingerprint density at radius 3 is 2.42 bits per heavy atom. The number of hydrogen-bond acceptors (Lipinski definition) is 5. The average molecular weight is 451 g/mol. The van der Waals surface area contributed by atoms with Gasteiger partial charge in [0.15, 0.2) is 10.8 Å². The molecule has 1 saturated heterocycles. The summed E-state index contributed by atoms with van der Waals surface area (Å²) in [6.07, 6.45) is -3.96. The van der Waals surface area contributed by atoms with Crippen molar-refractivity contribution in [2.24, 2.45) is 5.73 Å². The Bertz CT molecular complexity index is 1170. The second kappa shape index (κ2) is 7.28. The van der Waals surface area contributed by atoms with Gasteiger partial charge in [-0.1, -0.05) is 0 Å². The predicted molar refractivity (Wildman–Crippen MR) is 106 cm³/mol. The summed E-state index contributed by atoms with van der Waals surface area (Å²) >= 11 is 5.32. The molecule has 7 nitrogen and oxygen atoms in total. The van der Waals surface area contributed by atoms with Crippen molar-refractivity contribution in [3.05, 3.63) is 53.1 Å². The number of alkyl halides is 3. The second-order valence-corrected chi connectivity index (χ2v) is 7.41. The van der Waals surface area contributed by atoms with Crippen LogP contribution in [0.15, 0.2) is 30.5 Å². The van der Waals surface area contributed by atoms with Crippen LogP contribution in [0.1, 0.15) is 35.5 Å². The standard InChI is InChI=1S/C19H13F4N5O2S/c1-18(2)16(30)27(10-5-12(19(21,22)23)14(7-24)26-8-10)17(31)28(18)9-3-4-11(15(25)29)13(20)6-9/h3-6,8H,1-2H3,(H2,25,29). The molecule has 160 valence electrons. The van der Waals surface area contributed by atoms with Crippen molar-refractivity contribution >= 4 is 40.5 Å². The number of nitriles is 1. The molecule has 1 aromatic carbocycles. The number of benzene rings is 1. The monoisotopic (exact) mass is 451 g/mol. The SMILES string of the molecule is CC1(C)C(=O)N(c2cnc(C#N)c(C(F)(F)F)c2)C(=S)N1c1ccc(C(N)=O)c(F)c1. The van der Waals surface area contributed by atoms with Crippen molar-refractivity contribution in [1.29, 1.82) is 5.26 Å². The third-order valence-corrected chi connectivity index (χ3v) is 5.05. The van der Waals surface area contributed by atoms with Gasteiger partial charge < -0.3 is 10.6 Å². The minimum absolute atomic E-state index is 0.0889. The van der Waals surface area contributed by atoms with Gasteiger partial charge in [-0.15, -0.1) is 0 Å². The van der Waals surface area contributed by atoms with E-state index >= 15 is 0 Å². The quantitative estimate of drug-likeness (QED) is 0.568. The predicted octanol–water partition coefficient (Wildman–Crippen LogP) is 3.13. The first-order valence-electron chi connectivity index (χ1n) is 8.56. The lowest BCUT2D eigenvalue weighted by Gasteiger charge is -2.29. The van der Waals surface area contributed by atoms with Gasteiger partial charge in [0, 0.05) is 5.69 Å². The van der Waals surface area contributed by atoms with Crippen molar-refractivity contribution in [2.75, 3.05) is 9.80 Å². The highest BCUT2D eigenvalue weighted by atomic mass is 32.1. The number of anilines is 2. The fourth-order valence-electron chi connectivity index (χ4n) is 3.18. The molecule has 2 heterocycles. The van der Waals surface area contributed by atoms with Gasteiger partial charge in [0.05, 0.1) is 23.0 Å². The van der Waals surface area contributed by atoms with Gasteiger partial charge in [0.1, 0.15) is 17.4 Å². The third kappa shape index (κ3) is 3.57. The van der Waals surface area contributed by atoms with Gasteiger partial charge in [-0.2, -0.15) is 18.4 Å². The summed E-state index contributed by atoms with van der Waals surface area (Å²) in [5, 5.41) is 8.67. The fraction of sp³-hybridized carbons (Fsp3) is 0.211. The van der Waals surface area contributed by atoms with E-state index in [2.05, 4.69) is 4.98 Å². The Morgan fingerprint density at radius 2 is 1.90 bits per heavy atom. The summed E-state index contributed by atoms with van der Waals surface area (Å²) in [4.78, 5) is 29.9. The number of rotatable bonds is 3. The number of carbonyl (C=O) groups excluding carboxylic acids is 2. The molecule has 2 aromatic rings. The summed E-state index contributed by atoms with van der Waals surface area (Å²) < 4.78 is 54.2. The third-order valence-electron chi connectivity index (χ3n) is 4.69. The Morgan fingerprint density at radius 1 is 1.26 bits per heavy atom. The van der Waals surface area contributed by atoms with E-state index in [0.717, 1.165) is 23.2 Å². The normalized spacial score (nSPS) is 15.9. The lowest BCUT2D eigenvalue weighted by Crippen LogP contribution is -2.44. The van der Waals surface area contributed by atoms with Crippen LogP contribution in [0, 0.1) is 17.1 Å². The number of primary amides is 1. The topological polar surface area (TPSA) is 103 Å². The number of amides is 2. The molecule has 31 heavy (non-hydrogen) atoms. The van der Waals surface area contributed by atoms with Crippen LogP contribution in [0.2, 0.25) is 0 Å². The summed E-state index contributed by atoms with van der Waals surface area (Å²) in [6.45, 7) is 2.90. The van der Waals surface area contributed by atoms with Crippen LogP contribution in [-0.4, -0.2) is 27.4 Å². The van der Waals surface area contributed by atoms with E-state index in [0.29, 0.717) is 6.07 Å². The lowest BCUT2D eigenvalue weighted by molar-refractivity contribution is -0.138. The summed E-state index contributed by atoms with van der Waals surface area (Å²) in [7, 11) is 0. The van der Waals surface area contributed by atoms with E-state index < -0.39 is 40.6 Å². The average Bonchev–Trinajstić information content (AvgIpc) is 2.84. The molecule has 0 aliphatic carbocycles. The molecule has 0 atom stereocenters. The highest BCUT2D eigenvalue weighted by Crippen LogP contribution is 2.39. The van der Waals surface area contributed by atoms with Crippen molar-refractivity contribution in [1.82, 2.24) is 4.98 Å². The Kier molecular flexibility index (Phi) is 5.19. The molecule has 2 amide bonds. The first kappa shape index (κ1) is 22.1. The summed E-state index contributed by atoms with van der Waals surface area (Å²) in [5.74, 6) is -2.64. The van der Waals surface area contributed by atoms with Crippen molar-refractivity contribution in [2.45, 2.75) is 25.6 Å². The summed E-state index contributed by atoms with van der Waals surface area (Å²) in [6, 6.07) is 5.33. The van der Waals surface area contributed by atoms with E-state index in [1.54, 1.807) is 0 Å². The van der Waals surface area contributed by atoms with E-state index in [9.17, 15) is 27.2 Å². The van der Waals surface area contributed by atoms with Crippen LogP contribution in [0.4, 0.5) is 28.9 Å². The first-order valence-corrected chi connectivity index (χ1v) is 8.97. The van der Waals surface area contributed by atoms with Crippen LogP contribution < -0.4 is 15.5 Å². The molecule has 2 N–H and O–H groups in total. The molecule has 1 aliphatic rings. The van der Waals surface area contributed by atoms with Gasteiger partial charge in [-0.3, -0.25) is 14.5 Å². The zero-order valence-corrected chi connectivity index (χ0v) is 16.8. The number of thiocarbonyl (C=S) groups is 1. The number of nitrogens with zero attached hydrogens (tertiary/aromatic N) is 4. The molecule has 1 aromatic heterocycles. The van der Waals surface area contributed by atoms with Crippen molar-refractivity contribution < 1.29 is 27.2 Å². The number of halogens is 4. The molecule has 0 bridgehead atoms. The van der Waals surface area contributed by atoms with E-state index in [4.69, 9.17) is 23.2 Å². The molecule has 0 radical (unpaired) electrons. The number of nitrogens with two attached hydrogens (primary N) is 1. The van der Waals surface area contributed by atoms with Gasteiger partial charge in [0.2, 0.25) is 0 Å². The number of pyridine rings is 1. The smallest absolute Gasteiger partial charge is 0.366 e. The molecular formula is C19H13F4N5O2S. The minimum atomic E-state index is -4.89. The zero-order chi connectivity index (χ0) is 23.3. The van der Waals surface area contributed by atoms with Crippen LogP contribution in [0.3, 0.4) is 0 Å². The molecule has 1 aliphatic heterocycles. The van der Waals surface area contributed by atoms with Crippen LogP contribution in [-0.2, 0) is 11.0 Å². The highest BCUT2D eigenvalue weighted by molar-refractivity contribution is 7.81. The molecule has 0 spiro atoms. The molecular weight excluding hydrogens is 438 g/mol. The Balaban J connectivity index is 2.12. The van der Waals surface area contributed by atoms with E-state index in [1.165, 1.54) is 30.9 Å². The Hall–Kier alpha value is -3.59. The largest absolute Gasteiger partial charge is 0.419 e. The Labute approximate surface area is 178 Å². The highest BCUT2D eigenvalue weighted by Gasteiger charge is 2.51. The maximum atomic E-state index is 14.3. The number of carbonyl (C=O) groups is 2. The van der Waals surface area contributed by atoms with Crippen LogP contribution >= 0.6 is 12.2 Å². The zero-order valence-electron chi connectivity index (χ0n) is 16.0. The first-order chi connectivity index (χ1) is 14.3. The van der Waals surface area contributed by atoms with Crippen LogP contribution in [0.25, 0.3) is 0 Å². The van der Waals surface area contributed by atoms with Crippen molar-refractivity contribution in [3.8, 4) is 6.07 Å². The van der Waals surface area contributed by atoms with Gasteiger partial charge in [-0.25, -0.2) is 9.37 Å². The molecule has 12 heteroatoms. The van der Waals surface area contributed by atoms with E-state index in [1.807, 2.05) is 0 Å². The van der Waals surface area contributed by atoms with Crippen LogP contribution in [0.5, 0.6) is 0 Å². The summed E-state index contributed by atoms with van der Waals surface area (Å²) in [5.41, 5.74) is 0.916. The molecule has 0 saturated carbocycles. The lowest BCUT2D eigenvalue weighted by atomic mass is 10.0. The van der Waals surface area contributed by atoms with Crippen molar-refractivity contribution in [3.63, 3.8) is 0 Å². The maximum Gasteiger partial charge on any atom is 0.419 e. The number of aromatic nitrogens is 1. The second-order valence-electron chi connectivity index (χ2n) is 7.05. The minimum Gasteiger partial charge on any atom is -0.366 e. The maximum absolute atomic E-state index is 14.3. The molecule has 0 unspecified atom stereocenters. The van der Waals surface area contributed by atoms with Gasteiger partial charge in [-0.05, 0) is 50.3 Å².